The summed E-state index contributed by atoms with van der Waals surface area (Å²) in [4.78, 5) is 21.4. The molecule has 1 fully saturated rings. The predicted molar refractivity (Wildman–Crippen MR) is 54.0 cm³/mol. The number of aliphatic hydroxyl groups is 2. The van der Waals surface area contributed by atoms with Crippen molar-refractivity contribution >= 4 is 11.9 Å². The molecule has 0 saturated carbocycles. The second-order valence-electron chi connectivity index (χ2n) is 3.88. The van der Waals surface area contributed by atoms with Crippen LogP contribution in [0, 0.1) is 0 Å². The molecule has 1 aliphatic heterocycles. The van der Waals surface area contributed by atoms with E-state index in [1.54, 1.807) is 0 Å². The zero-order chi connectivity index (χ0) is 13.9. The molecule has 18 heavy (non-hydrogen) atoms. The Morgan fingerprint density at radius 1 is 1.28 bits per heavy atom. The summed E-state index contributed by atoms with van der Waals surface area (Å²) < 4.78 is 27.4. The van der Waals surface area contributed by atoms with Crippen LogP contribution in [0.1, 0.15) is 13.8 Å². The molecule has 0 radical (unpaired) electrons. The molecule has 0 aromatic rings. The first-order valence-corrected chi connectivity index (χ1v) is 5.29. The number of carbonyl (C=O) groups is 2. The van der Waals surface area contributed by atoms with Gasteiger partial charge in [0, 0.05) is 13.8 Å². The molecule has 8 heteroatoms. The number of alkyl halides is 1. The standard InChI is InChI=1S/C10H15FO7/c1-4(12)16-3-6-8(14)9(17-5(2)13)7(11)10(15)18-6/h6-10,14-15H,3H2,1-2H3/t6-,7-,8-,9-,10?/m1/s1. The summed E-state index contributed by atoms with van der Waals surface area (Å²) in [6.45, 7) is 1.81. The number of aliphatic hydroxyl groups excluding tert-OH is 2. The minimum absolute atomic E-state index is 0.377. The molecule has 1 saturated heterocycles. The molecule has 1 unspecified atom stereocenters. The molecule has 0 bridgehead atoms. The second-order valence-corrected chi connectivity index (χ2v) is 3.88. The normalized spacial score (nSPS) is 35.9. The SMILES string of the molecule is CC(=O)OC[C@H]1OC(O)[C@H](F)[C@@H](OC(C)=O)[C@@H]1O. The zero-order valence-corrected chi connectivity index (χ0v) is 9.91. The Kier molecular flexibility index (Phi) is 5.00. The minimum atomic E-state index is -2.07. The van der Waals surface area contributed by atoms with E-state index in [1.807, 2.05) is 0 Å². The number of halogens is 1. The van der Waals surface area contributed by atoms with Crippen LogP contribution in [0.15, 0.2) is 0 Å². The van der Waals surface area contributed by atoms with Crippen molar-refractivity contribution in [2.75, 3.05) is 6.61 Å². The molecule has 1 heterocycles. The summed E-state index contributed by atoms with van der Waals surface area (Å²) in [5.74, 6) is -1.42. The van der Waals surface area contributed by atoms with Crippen molar-refractivity contribution in [3.63, 3.8) is 0 Å². The highest BCUT2D eigenvalue weighted by atomic mass is 19.1. The largest absolute Gasteiger partial charge is 0.463 e. The highest BCUT2D eigenvalue weighted by Crippen LogP contribution is 2.25. The minimum Gasteiger partial charge on any atom is -0.463 e. The van der Waals surface area contributed by atoms with Gasteiger partial charge in [0.1, 0.15) is 18.8 Å². The Morgan fingerprint density at radius 2 is 1.89 bits per heavy atom. The lowest BCUT2D eigenvalue weighted by atomic mass is 10.00. The molecule has 0 aromatic heterocycles. The number of hydrogen-bond acceptors (Lipinski definition) is 7. The summed E-state index contributed by atoms with van der Waals surface area (Å²) in [5.41, 5.74) is 0. The van der Waals surface area contributed by atoms with Gasteiger partial charge in [-0.1, -0.05) is 0 Å². The van der Waals surface area contributed by atoms with Crippen molar-refractivity contribution in [1.82, 2.24) is 0 Å². The van der Waals surface area contributed by atoms with Gasteiger partial charge in [-0.25, -0.2) is 4.39 Å². The Bertz CT molecular complexity index is 321. The zero-order valence-electron chi connectivity index (χ0n) is 9.91. The van der Waals surface area contributed by atoms with Crippen molar-refractivity contribution in [3.8, 4) is 0 Å². The highest BCUT2D eigenvalue weighted by Gasteiger charge is 2.47. The molecular formula is C10H15FO7. The van der Waals surface area contributed by atoms with Crippen molar-refractivity contribution < 1.29 is 38.4 Å². The first-order valence-electron chi connectivity index (χ1n) is 5.29. The summed E-state index contributed by atoms with van der Waals surface area (Å²) in [6.07, 6.45) is -8.20. The van der Waals surface area contributed by atoms with Gasteiger partial charge in [-0.3, -0.25) is 9.59 Å². The van der Waals surface area contributed by atoms with Gasteiger partial charge >= 0.3 is 11.9 Å². The first-order chi connectivity index (χ1) is 8.32. The lowest BCUT2D eigenvalue weighted by Gasteiger charge is -2.38. The van der Waals surface area contributed by atoms with E-state index in [0.29, 0.717) is 0 Å². The molecule has 104 valence electrons. The molecule has 0 amide bonds. The molecule has 1 rings (SSSR count). The number of hydrogen-bond donors (Lipinski definition) is 2. The quantitative estimate of drug-likeness (QED) is 0.625. The highest BCUT2D eigenvalue weighted by molar-refractivity contribution is 5.66. The van der Waals surface area contributed by atoms with E-state index in [1.165, 1.54) is 0 Å². The molecule has 7 nitrogen and oxygen atoms in total. The fourth-order valence-corrected chi connectivity index (χ4v) is 1.56. The van der Waals surface area contributed by atoms with Crippen LogP contribution < -0.4 is 0 Å². The van der Waals surface area contributed by atoms with E-state index in [0.717, 1.165) is 13.8 Å². The van der Waals surface area contributed by atoms with E-state index >= 15 is 0 Å². The number of esters is 2. The molecule has 0 aromatic carbocycles. The van der Waals surface area contributed by atoms with Gasteiger partial charge in [-0.05, 0) is 0 Å². The van der Waals surface area contributed by atoms with Crippen LogP contribution in [0.4, 0.5) is 4.39 Å². The fourth-order valence-electron chi connectivity index (χ4n) is 1.56. The van der Waals surface area contributed by atoms with Crippen LogP contribution in [0.5, 0.6) is 0 Å². The van der Waals surface area contributed by atoms with Gasteiger partial charge in [0.2, 0.25) is 0 Å². The topological polar surface area (TPSA) is 102 Å². The Labute approximate surface area is 102 Å². The van der Waals surface area contributed by atoms with Gasteiger partial charge in [0.25, 0.3) is 0 Å². The van der Waals surface area contributed by atoms with Crippen LogP contribution in [-0.2, 0) is 23.8 Å². The van der Waals surface area contributed by atoms with Crippen molar-refractivity contribution in [3.05, 3.63) is 0 Å². The average Bonchev–Trinajstić information content (AvgIpc) is 2.27. The number of ether oxygens (including phenoxy) is 3. The van der Waals surface area contributed by atoms with Gasteiger partial charge in [-0.2, -0.15) is 0 Å². The van der Waals surface area contributed by atoms with Gasteiger partial charge < -0.3 is 24.4 Å². The third-order valence-electron chi connectivity index (χ3n) is 2.37. The van der Waals surface area contributed by atoms with Crippen LogP contribution in [-0.4, -0.2) is 59.5 Å². The number of rotatable bonds is 3. The van der Waals surface area contributed by atoms with Crippen LogP contribution in [0.25, 0.3) is 0 Å². The van der Waals surface area contributed by atoms with Crippen LogP contribution in [0.2, 0.25) is 0 Å². The predicted octanol–water partition coefficient (Wildman–Crippen LogP) is -1.10. The van der Waals surface area contributed by atoms with E-state index in [-0.39, 0.29) is 6.61 Å². The average molecular weight is 266 g/mol. The summed E-state index contributed by atoms with van der Waals surface area (Å²) in [6, 6.07) is 0. The van der Waals surface area contributed by atoms with Gasteiger partial charge in [-0.15, -0.1) is 0 Å². The lowest BCUT2D eigenvalue weighted by Crippen LogP contribution is -2.58. The molecule has 5 atom stereocenters. The van der Waals surface area contributed by atoms with E-state index in [4.69, 9.17) is 4.74 Å². The first kappa shape index (κ1) is 14.8. The Morgan fingerprint density at radius 3 is 2.39 bits per heavy atom. The van der Waals surface area contributed by atoms with Gasteiger partial charge in [0.15, 0.2) is 18.6 Å². The summed E-state index contributed by atoms with van der Waals surface area (Å²) in [5, 5.41) is 19.0. The second kappa shape index (κ2) is 6.07. The third-order valence-corrected chi connectivity index (χ3v) is 2.37. The van der Waals surface area contributed by atoms with Crippen LogP contribution in [0.3, 0.4) is 0 Å². The smallest absolute Gasteiger partial charge is 0.303 e. The van der Waals surface area contributed by atoms with Crippen LogP contribution >= 0.6 is 0 Å². The summed E-state index contributed by atoms with van der Waals surface area (Å²) >= 11 is 0. The molecule has 2 N–H and O–H groups in total. The van der Waals surface area contributed by atoms with E-state index < -0.39 is 42.7 Å². The van der Waals surface area contributed by atoms with E-state index in [2.05, 4.69) is 9.47 Å². The maximum Gasteiger partial charge on any atom is 0.303 e. The number of carbonyl (C=O) groups excluding carboxylic acids is 2. The Balaban J connectivity index is 2.70. The maximum absolute atomic E-state index is 13.5. The van der Waals surface area contributed by atoms with Crippen molar-refractivity contribution in [1.29, 1.82) is 0 Å². The monoisotopic (exact) mass is 266 g/mol. The molecule has 0 spiro atoms. The molecular weight excluding hydrogens is 251 g/mol. The third kappa shape index (κ3) is 3.62. The molecule has 0 aliphatic carbocycles. The van der Waals surface area contributed by atoms with E-state index in [9.17, 15) is 24.2 Å². The summed E-state index contributed by atoms with van der Waals surface area (Å²) in [7, 11) is 0. The van der Waals surface area contributed by atoms with Crippen molar-refractivity contribution in [2.24, 2.45) is 0 Å². The fraction of sp³-hybridized carbons (Fsp3) is 0.800. The maximum atomic E-state index is 13.5. The molecule has 1 aliphatic rings. The van der Waals surface area contributed by atoms with Crippen molar-refractivity contribution in [2.45, 2.75) is 44.6 Å². The lowest BCUT2D eigenvalue weighted by molar-refractivity contribution is -0.276. The van der Waals surface area contributed by atoms with Gasteiger partial charge in [0.05, 0.1) is 0 Å². The Hall–Kier alpha value is -1.25.